The molecule has 0 aromatic rings. The number of nitrogens with zero attached hydrogens (tertiary/aromatic N) is 3. The lowest BCUT2D eigenvalue weighted by atomic mass is 9.93. The van der Waals surface area contributed by atoms with Crippen LogP contribution in [0.4, 0.5) is 4.79 Å². The first-order valence-electron chi connectivity index (χ1n) is 6.62. The van der Waals surface area contributed by atoms with Crippen molar-refractivity contribution in [1.29, 1.82) is 0 Å². The molecule has 1 saturated heterocycles. The summed E-state index contributed by atoms with van der Waals surface area (Å²) >= 11 is 0. The van der Waals surface area contributed by atoms with Crippen molar-refractivity contribution < 1.29 is 9.53 Å². The lowest BCUT2D eigenvalue weighted by Crippen LogP contribution is -2.51. The van der Waals surface area contributed by atoms with Gasteiger partial charge in [0.2, 0.25) is 0 Å². The van der Waals surface area contributed by atoms with Crippen LogP contribution in [0, 0.1) is 5.92 Å². The molecule has 5 nitrogen and oxygen atoms in total. The first-order valence-corrected chi connectivity index (χ1v) is 6.62. The number of likely N-dealkylation sites (tertiary alicyclic amines) is 1. The molecule has 1 heterocycles. The number of amides is 2. The zero-order valence-electron chi connectivity index (χ0n) is 12.3. The van der Waals surface area contributed by atoms with Crippen LogP contribution in [0.1, 0.15) is 19.8 Å². The SMILES string of the molecule is CC1CCN(C(=O)N(C)C)C(COCN(C)C)C1. The van der Waals surface area contributed by atoms with E-state index in [9.17, 15) is 4.79 Å². The molecule has 0 saturated carbocycles. The Morgan fingerprint density at radius 1 is 1.33 bits per heavy atom. The summed E-state index contributed by atoms with van der Waals surface area (Å²) in [6, 6.07) is 0.309. The summed E-state index contributed by atoms with van der Waals surface area (Å²) in [6.07, 6.45) is 2.12. The molecule has 0 aliphatic carbocycles. The molecular weight excluding hydrogens is 230 g/mol. The van der Waals surface area contributed by atoms with Gasteiger partial charge in [0, 0.05) is 20.6 Å². The van der Waals surface area contributed by atoms with E-state index in [0.717, 1.165) is 19.4 Å². The Bertz CT molecular complexity index is 269. The average molecular weight is 257 g/mol. The van der Waals surface area contributed by atoms with Crippen LogP contribution < -0.4 is 0 Å². The van der Waals surface area contributed by atoms with Crippen molar-refractivity contribution in [3.05, 3.63) is 0 Å². The van der Waals surface area contributed by atoms with Crippen LogP contribution in [-0.2, 0) is 4.74 Å². The number of urea groups is 1. The van der Waals surface area contributed by atoms with Crippen molar-refractivity contribution >= 4 is 6.03 Å². The maximum Gasteiger partial charge on any atom is 0.319 e. The van der Waals surface area contributed by atoms with E-state index in [1.54, 1.807) is 19.0 Å². The van der Waals surface area contributed by atoms with E-state index in [4.69, 9.17) is 4.74 Å². The van der Waals surface area contributed by atoms with Crippen LogP contribution in [0.2, 0.25) is 0 Å². The molecule has 1 fully saturated rings. The molecule has 0 aromatic heterocycles. The molecule has 0 bridgehead atoms. The third kappa shape index (κ3) is 4.46. The molecule has 106 valence electrons. The van der Waals surface area contributed by atoms with Gasteiger partial charge in [-0.3, -0.25) is 4.90 Å². The number of ether oxygens (including phenoxy) is 1. The smallest absolute Gasteiger partial charge is 0.319 e. The highest BCUT2D eigenvalue weighted by Gasteiger charge is 2.30. The number of rotatable bonds is 4. The fourth-order valence-corrected chi connectivity index (χ4v) is 2.29. The van der Waals surface area contributed by atoms with Gasteiger partial charge < -0.3 is 14.5 Å². The molecule has 1 aliphatic rings. The maximum atomic E-state index is 12.1. The minimum absolute atomic E-state index is 0.0975. The second kappa shape index (κ2) is 6.95. The van der Waals surface area contributed by atoms with Crippen LogP contribution in [0.15, 0.2) is 0 Å². The average Bonchev–Trinajstić information content (AvgIpc) is 2.27. The van der Waals surface area contributed by atoms with Crippen LogP contribution in [-0.4, -0.2) is 74.8 Å². The standard InChI is InChI=1S/C13H27N3O2/c1-11-6-7-16(13(17)15(4)5)12(8-11)9-18-10-14(2)3/h11-12H,6-10H2,1-5H3. The highest BCUT2D eigenvalue weighted by atomic mass is 16.5. The van der Waals surface area contributed by atoms with Crippen molar-refractivity contribution in [3.63, 3.8) is 0 Å². The maximum absolute atomic E-state index is 12.1. The first kappa shape index (κ1) is 15.2. The predicted molar refractivity (Wildman–Crippen MR) is 72.5 cm³/mol. The van der Waals surface area contributed by atoms with Crippen molar-refractivity contribution in [3.8, 4) is 0 Å². The molecule has 0 spiro atoms. The number of hydrogen-bond donors (Lipinski definition) is 0. The summed E-state index contributed by atoms with van der Waals surface area (Å²) in [5.41, 5.74) is 0. The van der Waals surface area contributed by atoms with Gasteiger partial charge in [-0.2, -0.15) is 0 Å². The largest absolute Gasteiger partial charge is 0.364 e. The highest BCUT2D eigenvalue weighted by molar-refractivity contribution is 5.74. The van der Waals surface area contributed by atoms with Crippen molar-refractivity contribution in [2.24, 2.45) is 5.92 Å². The van der Waals surface area contributed by atoms with Gasteiger partial charge in [0.15, 0.2) is 0 Å². The van der Waals surface area contributed by atoms with E-state index in [1.807, 2.05) is 23.9 Å². The monoisotopic (exact) mass is 257 g/mol. The molecule has 0 radical (unpaired) electrons. The number of hydrogen-bond acceptors (Lipinski definition) is 3. The third-order valence-corrected chi connectivity index (χ3v) is 3.27. The van der Waals surface area contributed by atoms with Gasteiger partial charge in [-0.1, -0.05) is 6.92 Å². The summed E-state index contributed by atoms with van der Waals surface area (Å²) in [5, 5.41) is 0. The normalized spacial score (nSPS) is 24.4. The first-order chi connectivity index (χ1) is 8.41. The number of piperidine rings is 1. The fraction of sp³-hybridized carbons (Fsp3) is 0.923. The minimum Gasteiger partial charge on any atom is -0.364 e. The van der Waals surface area contributed by atoms with E-state index in [1.165, 1.54) is 0 Å². The molecule has 0 aromatic carbocycles. The van der Waals surface area contributed by atoms with Gasteiger partial charge in [0.05, 0.1) is 19.4 Å². The Morgan fingerprint density at radius 2 is 2.00 bits per heavy atom. The van der Waals surface area contributed by atoms with Crippen LogP contribution >= 0.6 is 0 Å². The van der Waals surface area contributed by atoms with Gasteiger partial charge in [-0.15, -0.1) is 0 Å². The number of carbonyl (C=O) groups excluding carboxylic acids is 1. The Hall–Kier alpha value is -0.810. The summed E-state index contributed by atoms with van der Waals surface area (Å²) in [5.74, 6) is 0.671. The fourth-order valence-electron chi connectivity index (χ4n) is 2.29. The van der Waals surface area contributed by atoms with Gasteiger partial charge in [-0.25, -0.2) is 4.79 Å². The van der Waals surface area contributed by atoms with Crippen molar-refractivity contribution in [2.45, 2.75) is 25.8 Å². The minimum atomic E-state index is 0.0975. The molecule has 2 atom stereocenters. The Labute approximate surface area is 111 Å². The molecule has 2 unspecified atom stereocenters. The predicted octanol–water partition coefficient (Wildman–Crippen LogP) is 1.30. The molecule has 0 N–H and O–H groups in total. The molecular formula is C13H27N3O2. The van der Waals surface area contributed by atoms with Crippen molar-refractivity contribution in [1.82, 2.24) is 14.7 Å². The summed E-state index contributed by atoms with van der Waals surface area (Å²) in [7, 11) is 7.56. The van der Waals surface area contributed by atoms with E-state index in [0.29, 0.717) is 19.3 Å². The van der Waals surface area contributed by atoms with E-state index >= 15 is 0 Å². The van der Waals surface area contributed by atoms with Gasteiger partial charge in [-0.05, 0) is 32.9 Å². The van der Waals surface area contributed by atoms with Crippen LogP contribution in [0.3, 0.4) is 0 Å². The van der Waals surface area contributed by atoms with Gasteiger partial charge in [0.1, 0.15) is 0 Å². The Morgan fingerprint density at radius 3 is 2.56 bits per heavy atom. The van der Waals surface area contributed by atoms with Gasteiger partial charge in [0.25, 0.3) is 0 Å². The molecule has 18 heavy (non-hydrogen) atoms. The summed E-state index contributed by atoms with van der Waals surface area (Å²) < 4.78 is 5.66. The lowest BCUT2D eigenvalue weighted by Gasteiger charge is -2.39. The highest BCUT2D eigenvalue weighted by Crippen LogP contribution is 2.23. The molecule has 5 heteroatoms. The molecule has 1 rings (SSSR count). The Balaban J connectivity index is 2.54. The van der Waals surface area contributed by atoms with Gasteiger partial charge >= 0.3 is 6.03 Å². The zero-order valence-corrected chi connectivity index (χ0v) is 12.3. The quantitative estimate of drug-likeness (QED) is 0.712. The third-order valence-electron chi connectivity index (χ3n) is 3.27. The zero-order chi connectivity index (χ0) is 13.7. The summed E-state index contributed by atoms with van der Waals surface area (Å²) in [6.45, 7) is 4.32. The van der Waals surface area contributed by atoms with Crippen LogP contribution in [0.25, 0.3) is 0 Å². The molecule has 2 amide bonds. The topological polar surface area (TPSA) is 36.0 Å². The number of carbonyl (C=O) groups is 1. The van der Waals surface area contributed by atoms with E-state index in [2.05, 4.69) is 6.92 Å². The molecule has 1 aliphatic heterocycles. The Kier molecular flexibility index (Phi) is 5.88. The second-order valence-electron chi connectivity index (χ2n) is 5.73. The van der Waals surface area contributed by atoms with E-state index < -0.39 is 0 Å². The lowest BCUT2D eigenvalue weighted by molar-refractivity contribution is 0.00325. The van der Waals surface area contributed by atoms with Crippen molar-refractivity contribution in [2.75, 3.05) is 48.1 Å². The van der Waals surface area contributed by atoms with E-state index in [-0.39, 0.29) is 12.1 Å². The van der Waals surface area contributed by atoms with Crippen LogP contribution in [0.5, 0.6) is 0 Å². The summed E-state index contributed by atoms with van der Waals surface area (Å²) in [4.78, 5) is 17.7. The second-order valence-corrected chi connectivity index (χ2v) is 5.73.